The number of halogens is 1. The van der Waals surface area contributed by atoms with Crippen LogP contribution in [0.5, 0.6) is 5.75 Å². The first kappa shape index (κ1) is 22.5. The van der Waals surface area contributed by atoms with Crippen LogP contribution >= 0.6 is 24.0 Å². The molecule has 7 heteroatoms. The Labute approximate surface area is 184 Å². The van der Waals surface area contributed by atoms with E-state index in [0.717, 1.165) is 50.1 Å². The van der Waals surface area contributed by atoms with Crippen LogP contribution in [0.4, 0.5) is 0 Å². The maximum absolute atomic E-state index is 5.68. The van der Waals surface area contributed by atoms with E-state index in [1.807, 2.05) is 18.2 Å². The smallest absolute Gasteiger partial charge is 0.191 e. The van der Waals surface area contributed by atoms with Gasteiger partial charge < -0.3 is 19.8 Å². The van der Waals surface area contributed by atoms with Crippen LogP contribution in [0.15, 0.2) is 52.1 Å². The van der Waals surface area contributed by atoms with Crippen LogP contribution in [-0.2, 0) is 6.42 Å². The molecule has 154 valence electrons. The summed E-state index contributed by atoms with van der Waals surface area (Å²) in [4.78, 5) is 6.83. The summed E-state index contributed by atoms with van der Waals surface area (Å²) in [5, 5.41) is 6.85. The third-order valence-electron chi connectivity index (χ3n) is 4.98. The number of methoxy groups -OCH3 is 1. The first-order chi connectivity index (χ1) is 13.3. The van der Waals surface area contributed by atoms with Gasteiger partial charge in [-0.15, -0.1) is 24.0 Å². The molecule has 0 aliphatic carbocycles. The number of furan rings is 1. The predicted octanol–water partition coefficient (Wildman–Crippen LogP) is 3.45. The lowest BCUT2D eigenvalue weighted by Crippen LogP contribution is -2.43. The molecule has 6 nitrogen and oxygen atoms in total. The van der Waals surface area contributed by atoms with Crippen LogP contribution in [0.1, 0.15) is 30.2 Å². The van der Waals surface area contributed by atoms with Gasteiger partial charge in [0.15, 0.2) is 5.96 Å². The van der Waals surface area contributed by atoms with Gasteiger partial charge in [-0.05, 0) is 62.2 Å². The molecule has 2 N–H and O–H groups in total. The van der Waals surface area contributed by atoms with Gasteiger partial charge in [0, 0.05) is 20.1 Å². The summed E-state index contributed by atoms with van der Waals surface area (Å²) >= 11 is 0. The minimum atomic E-state index is 0. The molecule has 3 rings (SSSR count). The summed E-state index contributed by atoms with van der Waals surface area (Å²) < 4.78 is 11.0. The van der Waals surface area contributed by atoms with Gasteiger partial charge in [0.2, 0.25) is 0 Å². The number of aliphatic imine (C=N–C) groups is 1. The van der Waals surface area contributed by atoms with Crippen molar-refractivity contribution in [3.8, 4) is 5.75 Å². The van der Waals surface area contributed by atoms with Crippen molar-refractivity contribution in [1.29, 1.82) is 0 Å². The third kappa shape index (κ3) is 6.41. The fourth-order valence-electron chi connectivity index (χ4n) is 3.51. The first-order valence-corrected chi connectivity index (χ1v) is 9.65. The minimum Gasteiger partial charge on any atom is -0.497 e. The Morgan fingerprint density at radius 2 is 2.04 bits per heavy atom. The molecule has 1 aromatic heterocycles. The van der Waals surface area contributed by atoms with Crippen molar-refractivity contribution in [3.63, 3.8) is 0 Å². The van der Waals surface area contributed by atoms with Crippen molar-refractivity contribution in [2.45, 2.75) is 25.3 Å². The van der Waals surface area contributed by atoms with Crippen molar-refractivity contribution in [3.05, 3.63) is 54.0 Å². The number of hydrogen-bond acceptors (Lipinski definition) is 4. The Balaban J connectivity index is 0.00000280. The lowest BCUT2D eigenvalue weighted by molar-refractivity contribution is 0.215. The lowest BCUT2D eigenvalue weighted by Gasteiger charge is -2.26. The Kier molecular flexibility index (Phi) is 9.63. The van der Waals surface area contributed by atoms with Crippen molar-refractivity contribution in [1.82, 2.24) is 15.5 Å². The van der Waals surface area contributed by atoms with Crippen LogP contribution in [0, 0.1) is 0 Å². The summed E-state index contributed by atoms with van der Waals surface area (Å²) in [5.74, 6) is 2.71. The molecule has 2 heterocycles. The molecular formula is C21H31IN4O2. The maximum Gasteiger partial charge on any atom is 0.191 e. The fraction of sp³-hybridized carbons (Fsp3) is 0.476. The topological polar surface area (TPSA) is 62.0 Å². The highest BCUT2D eigenvalue weighted by atomic mass is 127. The van der Waals surface area contributed by atoms with Gasteiger partial charge in [-0.3, -0.25) is 9.89 Å². The van der Waals surface area contributed by atoms with E-state index in [9.17, 15) is 0 Å². The molecule has 1 fully saturated rings. The maximum atomic E-state index is 5.68. The predicted molar refractivity (Wildman–Crippen MR) is 124 cm³/mol. The van der Waals surface area contributed by atoms with E-state index in [0.29, 0.717) is 0 Å². The molecule has 1 unspecified atom stereocenters. The molecule has 1 saturated heterocycles. The first-order valence-electron chi connectivity index (χ1n) is 9.65. The van der Waals surface area contributed by atoms with E-state index >= 15 is 0 Å². The van der Waals surface area contributed by atoms with Crippen LogP contribution < -0.4 is 15.4 Å². The number of likely N-dealkylation sites (tertiary alicyclic amines) is 1. The van der Waals surface area contributed by atoms with Crippen molar-refractivity contribution < 1.29 is 9.15 Å². The minimum absolute atomic E-state index is 0. The molecular weight excluding hydrogens is 467 g/mol. The monoisotopic (exact) mass is 498 g/mol. The Morgan fingerprint density at radius 1 is 1.21 bits per heavy atom. The molecule has 0 saturated carbocycles. The Hall–Kier alpha value is -1.74. The van der Waals surface area contributed by atoms with Crippen LogP contribution in [0.2, 0.25) is 0 Å². The zero-order chi connectivity index (χ0) is 18.9. The lowest BCUT2D eigenvalue weighted by atomic mass is 10.1. The highest BCUT2D eigenvalue weighted by Crippen LogP contribution is 2.24. The van der Waals surface area contributed by atoms with Crippen LogP contribution in [0.3, 0.4) is 0 Å². The van der Waals surface area contributed by atoms with E-state index < -0.39 is 0 Å². The zero-order valence-electron chi connectivity index (χ0n) is 16.7. The zero-order valence-corrected chi connectivity index (χ0v) is 19.0. The van der Waals surface area contributed by atoms with E-state index in [2.05, 4.69) is 38.7 Å². The Morgan fingerprint density at radius 3 is 2.71 bits per heavy atom. The average molecular weight is 498 g/mol. The highest BCUT2D eigenvalue weighted by molar-refractivity contribution is 14.0. The number of benzene rings is 1. The molecule has 1 atom stereocenters. The number of rotatable bonds is 8. The van der Waals surface area contributed by atoms with Crippen molar-refractivity contribution in [2.24, 2.45) is 4.99 Å². The molecule has 28 heavy (non-hydrogen) atoms. The molecule has 1 aliphatic rings. The van der Waals surface area contributed by atoms with Gasteiger partial charge in [-0.2, -0.15) is 0 Å². The second kappa shape index (κ2) is 12.0. The standard InChI is InChI=1S/C21H30N4O2.HI/c1-22-21(23-11-10-17-7-5-8-18(15-17)26-2)24-16-19(20-9-6-14-27-20)25-12-3-4-13-25;/h5-9,14-15,19H,3-4,10-13,16H2,1-2H3,(H2,22,23,24);1H. The molecule has 2 aromatic rings. The van der Waals surface area contributed by atoms with Crippen molar-refractivity contribution in [2.75, 3.05) is 40.3 Å². The number of hydrogen-bond donors (Lipinski definition) is 2. The van der Waals surface area contributed by atoms with E-state index in [-0.39, 0.29) is 30.0 Å². The summed E-state index contributed by atoms with van der Waals surface area (Å²) in [6.45, 7) is 3.82. The van der Waals surface area contributed by atoms with E-state index in [1.54, 1.807) is 20.4 Å². The normalized spacial score (nSPS) is 15.7. The number of ether oxygens (including phenoxy) is 1. The third-order valence-corrected chi connectivity index (χ3v) is 4.98. The second-order valence-electron chi connectivity index (χ2n) is 6.76. The fourth-order valence-corrected chi connectivity index (χ4v) is 3.51. The molecule has 0 amide bonds. The van der Waals surface area contributed by atoms with E-state index in [1.165, 1.54) is 18.4 Å². The number of nitrogens with one attached hydrogen (secondary N) is 2. The van der Waals surface area contributed by atoms with Crippen LogP contribution in [0.25, 0.3) is 0 Å². The van der Waals surface area contributed by atoms with Gasteiger partial charge >= 0.3 is 0 Å². The second-order valence-corrected chi connectivity index (χ2v) is 6.76. The van der Waals surface area contributed by atoms with E-state index in [4.69, 9.17) is 9.15 Å². The summed E-state index contributed by atoms with van der Waals surface area (Å²) in [6, 6.07) is 12.4. The summed E-state index contributed by atoms with van der Waals surface area (Å²) in [6.07, 6.45) is 5.17. The average Bonchev–Trinajstić information content (AvgIpc) is 3.41. The largest absolute Gasteiger partial charge is 0.497 e. The van der Waals surface area contributed by atoms with Gasteiger partial charge in [-0.25, -0.2) is 0 Å². The summed E-state index contributed by atoms with van der Waals surface area (Å²) in [7, 11) is 3.50. The molecule has 1 aliphatic heterocycles. The van der Waals surface area contributed by atoms with Gasteiger partial charge in [0.05, 0.1) is 19.4 Å². The van der Waals surface area contributed by atoms with Gasteiger partial charge in [0.1, 0.15) is 11.5 Å². The molecule has 1 aromatic carbocycles. The molecule has 0 spiro atoms. The number of guanidine groups is 1. The van der Waals surface area contributed by atoms with Gasteiger partial charge in [0.25, 0.3) is 0 Å². The van der Waals surface area contributed by atoms with Crippen molar-refractivity contribution >= 4 is 29.9 Å². The van der Waals surface area contributed by atoms with Crippen LogP contribution in [-0.4, -0.2) is 51.2 Å². The van der Waals surface area contributed by atoms with Gasteiger partial charge in [-0.1, -0.05) is 12.1 Å². The number of nitrogens with zero attached hydrogens (tertiary/aromatic N) is 2. The summed E-state index contributed by atoms with van der Waals surface area (Å²) in [5.41, 5.74) is 1.24. The molecule has 0 radical (unpaired) electrons. The SMILES string of the molecule is CN=C(NCCc1cccc(OC)c1)NCC(c1ccco1)N1CCCC1.I. The Bertz CT molecular complexity index is 715. The highest BCUT2D eigenvalue weighted by Gasteiger charge is 2.25. The quantitative estimate of drug-likeness (QED) is 0.332. The molecule has 0 bridgehead atoms.